The second-order valence-corrected chi connectivity index (χ2v) is 3.63. The van der Waals surface area contributed by atoms with Gasteiger partial charge in [-0.1, -0.05) is 0 Å². The molecule has 0 saturated heterocycles. The standard InChI is InChI=1S/C9H14N2O/c1-7-2-3-8(12-7)11-6-9(10)4-5-9/h2-3,11H,4-6,10H2,1H3. The summed E-state index contributed by atoms with van der Waals surface area (Å²) >= 11 is 0. The third-order valence-electron chi connectivity index (χ3n) is 2.25. The molecule has 3 heteroatoms. The van der Waals surface area contributed by atoms with Gasteiger partial charge in [0.1, 0.15) is 5.76 Å². The molecule has 1 saturated carbocycles. The Bertz CT molecular complexity index is 276. The normalized spacial score (nSPS) is 19.2. The lowest BCUT2D eigenvalue weighted by Crippen LogP contribution is -2.30. The fourth-order valence-corrected chi connectivity index (χ4v) is 1.13. The average molecular weight is 166 g/mol. The lowest BCUT2D eigenvalue weighted by molar-refractivity contribution is 0.540. The molecule has 1 aliphatic carbocycles. The number of furan rings is 1. The van der Waals surface area contributed by atoms with Crippen LogP contribution in [0, 0.1) is 6.92 Å². The van der Waals surface area contributed by atoms with Gasteiger partial charge in [0.05, 0.1) is 0 Å². The van der Waals surface area contributed by atoms with Crippen LogP contribution >= 0.6 is 0 Å². The van der Waals surface area contributed by atoms with Crippen molar-refractivity contribution in [2.45, 2.75) is 25.3 Å². The first kappa shape index (κ1) is 7.68. The summed E-state index contributed by atoms with van der Waals surface area (Å²) in [5, 5.41) is 3.18. The second-order valence-electron chi connectivity index (χ2n) is 3.63. The molecule has 1 fully saturated rings. The summed E-state index contributed by atoms with van der Waals surface area (Å²) in [7, 11) is 0. The van der Waals surface area contributed by atoms with Crippen molar-refractivity contribution < 1.29 is 4.42 Å². The van der Waals surface area contributed by atoms with E-state index in [4.69, 9.17) is 10.2 Å². The largest absolute Gasteiger partial charge is 0.446 e. The third-order valence-corrected chi connectivity index (χ3v) is 2.25. The lowest BCUT2D eigenvalue weighted by Gasteiger charge is -2.08. The molecule has 3 N–H and O–H groups in total. The Morgan fingerprint density at radius 2 is 2.33 bits per heavy atom. The van der Waals surface area contributed by atoms with Gasteiger partial charge in [0.15, 0.2) is 5.88 Å². The highest BCUT2D eigenvalue weighted by atomic mass is 16.4. The van der Waals surface area contributed by atoms with Crippen molar-refractivity contribution in [2.75, 3.05) is 11.9 Å². The predicted molar refractivity (Wildman–Crippen MR) is 48.1 cm³/mol. The zero-order valence-corrected chi connectivity index (χ0v) is 7.26. The summed E-state index contributed by atoms with van der Waals surface area (Å²) in [6, 6.07) is 3.87. The summed E-state index contributed by atoms with van der Waals surface area (Å²) < 4.78 is 5.34. The van der Waals surface area contributed by atoms with Gasteiger partial charge in [-0.05, 0) is 25.8 Å². The van der Waals surface area contributed by atoms with Crippen molar-refractivity contribution >= 4 is 5.88 Å². The van der Waals surface area contributed by atoms with E-state index in [9.17, 15) is 0 Å². The number of hydrogen-bond acceptors (Lipinski definition) is 3. The van der Waals surface area contributed by atoms with E-state index < -0.39 is 0 Å². The van der Waals surface area contributed by atoms with E-state index >= 15 is 0 Å². The van der Waals surface area contributed by atoms with Crippen molar-refractivity contribution in [1.29, 1.82) is 0 Å². The fourth-order valence-electron chi connectivity index (χ4n) is 1.13. The van der Waals surface area contributed by atoms with Gasteiger partial charge in [-0.2, -0.15) is 0 Å². The van der Waals surface area contributed by atoms with E-state index in [1.807, 2.05) is 19.1 Å². The van der Waals surface area contributed by atoms with Crippen molar-refractivity contribution in [3.8, 4) is 0 Å². The molecule has 1 aliphatic rings. The molecule has 0 radical (unpaired) electrons. The van der Waals surface area contributed by atoms with E-state index in [0.717, 1.165) is 31.0 Å². The van der Waals surface area contributed by atoms with Crippen LogP contribution in [0.15, 0.2) is 16.5 Å². The highest BCUT2D eigenvalue weighted by Crippen LogP contribution is 2.32. The first-order valence-corrected chi connectivity index (χ1v) is 4.27. The smallest absolute Gasteiger partial charge is 0.193 e. The molecule has 0 unspecified atom stereocenters. The monoisotopic (exact) mass is 166 g/mol. The molecule has 0 amide bonds. The Balaban J connectivity index is 1.87. The molecule has 1 heterocycles. The summed E-state index contributed by atoms with van der Waals surface area (Å²) in [5.41, 5.74) is 5.94. The summed E-state index contributed by atoms with van der Waals surface area (Å²) in [5.74, 6) is 1.75. The molecule has 12 heavy (non-hydrogen) atoms. The summed E-state index contributed by atoms with van der Waals surface area (Å²) in [4.78, 5) is 0. The quantitative estimate of drug-likeness (QED) is 0.715. The van der Waals surface area contributed by atoms with Gasteiger partial charge in [-0.3, -0.25) is 0 Å². The molecule has 1 aromatic heterocycles. The lowest BCUT2D eigenvalue weighted by atomic mass is 10.3. The van der Waals surface area contributed by atoms with Crippen LogP contribution in [0.3, 0.4) is 0 Å². The van der Waals surface area contributed by atoms with Crippen molar-refractivity contribution in [3.63, 3.8) is 0 Å². The highest BCUT2D eigenvalue weighted by molar-refractivity contribution is 5.33. The highest BCUT2D eigenvalue weighted by Gasteiger charge is 2.37. The Morgan fingerprint density at radius 3 is 2.83 bits per heavy atom. The van der Waals surface area contributed by atoms with Crippen LogP contribution in [0.5, 0.6) is 0 Å². The van der Waals surface area contributed by atoms with Gasteiger partial charge in [-0.25, -0.2) is 0 Å². The van der Waals surface area contributed by atoms with E-state index in [1.54, 1.807) is 0 Å². The first-order chi connectivity index (χ1) is 5.68. The minimum absolute atomic E-state index is 0.0424. The number of aryl methyl sites for hydroxylation is 1. The van der Waals surface area contributed by atoms with Gasteiger partial charge in [0.2, 0.25) is 0 Å². The molecule has 0 bridgehead atoms. The second kappa shape index (κ2) is 2.52. The minimum Gasteiger partial charge on any atom is -0.446 e. The molecule has 1 aromatic rings. The predicted octanol–water partition coefficient (Wildman–Crippen LogP) is 1.49. The van der Waals surface area contributed by atoms with Gasteiger partial charge in [-0.15, -0.1) is 0 Å². The Labute approximate surface area is 71.9 Å². The summed E-state index contributed by atoms with van der Waals surface area (Å²) in [6.45, 7) is 2.75. The maximum atomic E-state index is 5.90. The number of nitrogens with one attached hydrogen (secondary N) is 1. The van der Waals surface area contributed by atoms with Crippen molar-refractivity contribution in [3.05, 3.63) is 17.9 Å². The zero-order valence-electron chi connectivity index (χ0n) is 7.26. The van der Waals surface area contributed by atoms with E-state index in [-0.39, 0.29) is 5.54 Å². The van der Waals surface area contributed by atoms with Crippen molar-refractivity contribution in [1.82, 2.24) is 0 Å². The Morgan fingerprint density at radius 1 is 1.58 bits per heavy atom. The van der Waals surface area contributed by atoms with Gasteiger partial charge >= 0.3 is 0 Å². The maximum Gasteiger partial charge on any atom is 0.193 e. The first-order valence-electron chi connectivity index (χ1n) is 4.27. The van der Waals surface area contributed by atoms with Gasteiger partial charge in [0, 0.05) is 18.2 Å². The SMILES string of the molecule is Cc1ccc(NCC2(N)CC2)o1. The molecule has 0 atom stereocenters. The summed E-state index contributed by atoms with van der Waals surface area (Å²) in [6.07, 6.45) is 2.25. The van der Waals surface area contributed by atoms with Crippen LogP contribution in [0.2, 0.25) is 0 Å². The average Bonchev–Trinajstić information content (AvgIpc) is 2.60. The van der Waals surface area contributed by atoms with Crippen LogP contribution < -0.4 is 11.1 Å². The number of anilines is 1. The molecule has 0 spiro atoms. The minimum atomic E-state index is 0.0424. The molecule has 0 aromatic carbocycles. The Hall–Kier alpha value is -0.960. The van der Waals surface area contributed by atoms with Crippen molar-refractivity contribution in [2.24, 2.45) is 5.73 Å². The number of nitrogens with two attached hydrogens (primary N) is 1. The number of rotatable bonds is 3. The number of hydrogen-bond donors (Lipinski definition) is 2. The van der Waals surface area contributed by atoms with E-state index in [1.165, 1.54) is 0 Å². The molecule has 3 nitrogen and oxygen atoms in total. The van der Waals surface area contributed by atoms with Gasteiger partial charge < -0.3 is 15.5 Å². The molecule has 0 aliphatic heterocycles. The molecule has 66 valence electrons. The van der Waals surface area contributed by atoms with Crippen LogP contribution in [-0.4, -0.2) is 12.1 Å². The Kier molecular flexibility index (Phi) is 1.61. The molecular formula is C9H14N2O. The third kappa shape index (κ3) is 1.61. The van der Waals surface area contributed by atoms with Crippen LogP contribution in [0.1, 0.15) is 18.6 Å². The topological polar surface area (TPSA) is 51.2 Å². The molecular weight excluding hydrogens is 152 g/mol. The van der Waals surface area contributed by atoms with Crippen LogP contribution in [-0.2, 0) is 0 Å². The fraction of sp³-hybridized carbons (Fsp3) is 0.556. The van der Waals surface area contributed by atoms with E-state index in [0.29, 0.717) is 0 Å². The zero-order chi connectivity index (χ0) is 8.60. The van der Waals surface area contributed by atoms with Gasteiger partial charge in [0.25, 0.3) is 0 Å². The van der Waals surface area contributed by atoms with Crippen LogP contribution in [0.4, 0.5) is 5.88 Å². The maximum absolute atomic E-state index is 5.90. The van der Waals surface area contributed by atoms with Crippen LogP contribution in [0.25, 0.3) is 0 Å². The molecule has 2 rings (SSSR count). The van der Waals surface area contributed by atoms with E-state index in [2.05, 4.69) is 5.32 Å².